The van der Waals surface area contributed by atoms with Gasteiger partial charge in [0.2, 0.25) is 0 Å². The SMILES string of the molecule is CNCCCn1c(O)cc(C)c(/N=N\c2ccccc2C(=O)OCC(COC(=O)c2ccccc2/N=N\c2c(C)cc(O)n(CCCNC)c2=O)(COC(=O)c2ccccc2/N=N\c2c(C)cc(O)n(CCCNC)c2=O)COC(=O)c2ccccc2/N=N\c2c(C)cc(O)n(CCCNC)c2=O)c1=O. The van der Waals surface area contributed by atoms with Crippen LogP contribution in [0, 0.1) is 33.1 Å². The number of hydrogen-bond acceptors (Lipinski definition) is 28. The third-order valence-corrected chi connectivity index (χ3v) is 16.6. The molecule has 0 radical (unpaired) electrons. The molecule has 32 nitrogen and oxygen atoms in total. The van der Waals surface area contributed by atoms with Crippen molar-refractivity contribution in [2.75, 3.05) is 80.8 Å². The zero-order chi connectivity index (χ0) is 75.7. The average molecular weight is 1440 g/mol. The van der Waals surface area contributed by atoms with Crippen molar-refractivity contribution in [3.8, 4) is 23.5 Å². The highest BCUT2D eigenvalue weighted by molar-refractivity contribution is 5.97. The average Bonchev–Trinajstić information content (AvgIpc) is 0.825. The summed E-state index contributed by atoms with van der Waals surface area (Å²) in [7, 11) is 6.97. The Bertz CT molecular complexity index is 4250. The van der Waals surface area contributed by atoms with Gasteiger partial charge in [-0.2, -0.15) is 0 Å². The highest BCUT2D eigenvalue weighted by Gasteiger charge is 2.40. The van der Waals surface area contributed by atoms with E-state index in [-0.39, 0.29) is 140 Å². The summed E-state index contributed by atoms with van der Waals surface area (Å²) < 4.78 is 29.0. The maximum atomic E-state index is 14.8. The second kappa shape index (κ2) is 37.8. The van der Waals surface area contributed by atoms with Crippen molar-refractivity contribution in [1.29, 1.82) is 0 Å². The lowest BCUT2D eigenvalue weighted by Crippen LogP contribution is -2.44. The summed E-state index contributed by atoms with van der Waals surface area (Å²) in [6.45, 7) is 5.23. The van der Waals surface area contributed by atoms with Crippen LogP contribution >= 0.6 is 0 Å². The Labute approximate surface area is 602 Å². The number of benzene rings is 4. The van der Waals surface area contributed by atoms with Gasteiger partial charge in [0.1, 0.15) is 54.6 Å². The molecule has 0 fully saturated rings. The number of carbonyl (C=O) groups is 4. The lowest BCUT2D eigenvalue weighted by atomic mass is 9.91. The fourth-order valence-electron chi connectivity index (χ4n) is 10.8. The van der Waals surface area contributed by atoms with Gasteiger partial charge in [-0.25, -0.2) is 19.2 Å². The first-order chi connectivity index (χ1) is 50.5. The van der Waals surface area contributed by atoms with Crippen molar-refractivity contribution >= 4 is 69.4 Å². The number of aromatic hydroxyl groups is 4. The zero-order valence-corrected chi connectivity index (χ0v) is 59.4. The minimum absolute atomic E-state index is 0.103. The van der Waals surface area contributed by atoms with Crippen molar-refractivity contribution in [1.82, 2.24) is 39.5 Å². The van der Waals surface area contributed by atoms with E-state index in [1.165, 1.54) is 121 Å². The van der Waals surface area contributed by atoms with Gasteiger partial charge in [-0.1, -0.05) is 48.5 Å². The number of nitrogens with one attached hydrogen (secondary N) is 4. The molecule has 0 aliphatic carbocycles. The van der Waals surface area contributed by atoms with Crippen LogP contribution in [0.25, 0.3) is 0 Å². The van der Waals surface area contributed by atoms with Crippen LogP contribution in [-0.4, -0.2) is 143 Å². The second-order valence-corrected chi connectivity index (χ2v) is 24.5. The molecule has 0 saturated carbocycles. The molecule has 4 aromatic carbocycles. The van der Waals surface area contributed by atoms with Crippen molar-refractivity contribution in [3.05, 3.63) is 207 Å². The molecule has 0 saturated heterocycles. The van der Waals surface area contributed by atoms with E-state index in [1.807, 2.05) is 0 Å². The first-order valence-corrected chi connectivity index (χ1v) is 33.6. The first kappa shape index (κ1) is 78.7. The molecule has 4 heterocycles. The molecule has 0 aliphatic rings. The summed E-state index contributed by atoms with van der Waals surface area (Å²) in [6.07, 6.45) is 1.92. The van der Waals surface area contributed by atoms with Crippen LogP contribution in [0.3, 0.4) is 0 Å². The molecule has 0 atom stereocenters. The van der Waals surface area contributed by atoms with E-state index < -0.39 is 78.0 Å². The van der Waals surface area contributed by atoms with Gasteiger partial charge in [-0.05, 0) is 179 Å². The van der Waals surface area contributed by atoms with Gasteiger partial charge in [-0.15, -0.1) is 40.9 Å². The Hall–Kier alpha value is -12.0. The fraction of sp³-hybridized carbons (Fsp3) is 0.342. The monoisotopic (exact) mass is 1440 g/mol. The van der Waals surface area contributed by atoms with Crippen LogP contribution in [0.4, 0.5) is 45.5 Å². The molecule has 552 valence electrons. The molecule has 105 heavy (non-hydrogen) atoms. The van der Waals surface area contributed by atoms with E-state index in [4.69, 9.17) is 18.9 Å². The van der Waals surface area contributed by atoms with Gasteiger partial charge in [0.25, 0.3) is 22.2 Å². The van der Waals surface area contributed by atoms with Crippen molar-refractivity contribution in [2.45, 2.75) is 79.6 Å². The van der Waals surface area contributed by atoms with E-state index in [1.54, 1.807) is 55.9 Å². The van der Waals surface area contributed by atoms with E-state index >= 15 is 0 Å². The standard InChI is InChI=1S/C73H84N16O16/c1-45-37-57(90)86(33-17-29-74-5)65(94)61(45)82-78-53-25-13-9-21-49(53)69(98)102-41-73(42-103-70(99)50-22-10-14-26-54(50)79-83-62-46(2)38-58(91)87(66(62)95)34-18-30-75-6,43-104-71(100)51-23-11-15-27-55(51)80-84-63-47(3)39-59(92)88(67(63)96)35-19-31-76-7)44-105-72(101)52-24-12-16-28-56(52)81-85-64-48(4)40-60(93)89(68(64)97)36-20-32-77-8/h9-16,21-28,37-40,74-77,90-93H,17-20,29-36,41-44H2,1-8H3/b82-78-,83-79-,84-80-,85-81-. The Morgan fingerprint density at radius 3 is 0.743 bits per heavy atom. The van der Waals surface area contributed by atoms with Gasteiger partial charge in [0.05, 0.1) is 22.3 Å². The topological polar surface area (TPSA) is 421 Å². The second-order valence-electron chi connectivity index (χ2n) is 24.5. The van der Waals surface area contributed by atoms with Crippen molar-refractivity contribution < 1.29 is 58.6 Å². The molecule has 8 N–H and O–H groups in total. The number of aryl methyl sites for hydroxylation is 4. The number of pyridine rings is 4. The first-order valence-electron chi connectivity index (χ1n) is 33.6. The molecule has 0 spiro atoms. The summed E-state index contributed by atoms with van der Waals surface area (Å²) in [4.78, 5) is 114. The summed E-state index contributed by atoms with van der Waals surface area (Å²) in [5.41, 5.74) is -5.56. The third-order valence-electron chi connectivity index (χ3n) is 16.6. The Kier molecular flexibility index (Phi) is 28.3. The van der Waals surface area contributed by atoms with Crippen LogP contribution < -0.4 is 43.5 Å². The van der Waals surface area contributed by atoms with Gasteiger partial charge in [0.15, 0.2) is 46.3 Å². The number of azo groups is 4. The van der Waals surface area contributed by atoms with Gasteiger partial charge >= 0.3 is 23.9 Å². The summed E-state index contributed by atoms with van der Waals surface area (Å²) in [6, 6.07) is 28.6. The molecule has 8 rings (SSSR count). The minimum Gasteiger partial charge on any atom is -0.494 e. The minimum atomic E-state index is -2.14. The Balaban J connectivity index is 1.21. The number of ether oxygens (including phenoxy) is 4. The summed E-state index contributed by atoms with van der Waals surface area (Å²) >= 11 is 0. The van der Waals surface area contributed by atoms with Crippen molar-refractivity contribution in [2.24, 2.45) is 46.3 Å². The van der Waals surface area contributed by atoms with Gasteiger partial charge < -0.3 is 60.6 Å². The molecular formula is C73H84N16O16. The zero-order valence-electron chi connectivity index (χ0n) is 59.4. The maximum absolute atomic E-state index is 14.8. The molecular weight excluding hydrogens is 1360 g/mol. The van der Waals surface area contributed by atoms with Crippen LogP contribution in [0.15, 0.2) is 181 Å². The predicted molar refractivity (Wildman–Crippen MR) is 389 cm³/mol. The van der Waals surface area contributed by atoms with Crippen LogP contribution in [0.2, 0.25) is 0 Å². The molecule has 32 heteroatoms. The predicted octanol–water partition coefficient (Wildman–Crippen LogP) is 10.2. The maximum Gasteiger partial charge on any atom is 0.340 e. The number of rotatable bonds is 36. The van der Waals surface area contributed by atoms with Crippen LogP contribution in [0.1, 0.15) is 89.4 Å². The highest BCUT2D eigenvalue weighted by atomic mass is 16.6. The molecule has 0 bridgehead atoms. The fourth-order valence-corrected chi connectivity index (χ4v) is 10.8. The smallest absolute Gasteiger partial charge is 0.340 e. The quantitative estimate of drug-likeness (QED) is 0.00783. The summed E-state index contributed by atoms with van der Waals surface area (Å²) in [5.74, 6) is -5.59. The van der Waals surface area contributed by atoms with Gasteiger partial charge in [0, 0.05) is 50.4 Å². The lowest BCUT2D eigenvalue weighted by molar-refractivity contribution is -0.0641. The van der Waals surface area contributed by atoms with E-state index in [2.05, 4.69) is 62.2 Å². The number of carbonyl (C=O) groups excluding carboxylic acids is 4. The molecule has 0 aliphatic heterocycles. The van der Waals surface area contributed by atoms with Crippen LogP contribution in [-0.2, 0) is 45.1 Å². The molecule has 4 aromatic heterocycles. The van der Waals surface area contributed by atoms with E-state index in [0.717, 1.165) is 18.3 Å². The van der Waals surface area contributed by atoms with Gasteiger partial charge in [-0.3, -0.25) is 37.4 Å². The molecule has 0 amide bonds. The number of nitrogens with zero attached hydrogens (tertiary/aromatic N) is 12. The summed E-state index contributed by atoms with van der Waals surface area (Å²) in [5, 5.41) is 89.1. The number of aromatic nitrogens is 4. The van der Waals surface area contributed by atoms with Crippen molar-refractivity contribution in [3.63, 3.8) is 0 Å². The molecule has 0 unspecified atom stereocenters. The largest absolute Gasteiger partial charge is 0.494 e. The van der Waals surface area contributed by atoms with Crippen LogP contribution in [0.5, 0.6) is 23.5 Å². The number of hydrogen-bond donors (Lipinski definition) is 8. The molecule has 8 aromatic rings. The van der Waals surface area contributed by atoms with E-state index in [9.17, 15) is 58.8 Å². The lowest BCUT2D eigenvalue weighted by Gasteiger charge is -2.31. The normalized spacial score (nSPS) is 11.7. The third kappa shape index (κ3) is 20.2. The van der Waals surface area contributed by atoms with E-state index in [0.29, 0.717) is 51.9 Å². The number of esters is 4. The Morgan fingerprint density at radius 1 is 0.343 bits per heavy atom. The highest BCUT2D eigenvalue weighted by Crippen LogP contribution is 2.33. The Morgan fingerprint density at radius 2 is 0.543 bits per heavy atom.